The maximum Gasteiger partial charge on any atom is 0.416 e. The Morgan fingerprint density at radius 1 is 1.11 bits per heavy atom. The van der Waals surface area contributed by atoms with E-state index >= 15 is 4.39 Å². The summed E-state index contributed by atoms with van der Waals surface area (Å²) >= 11 is 1.26. The quantitative estimate of drug-likeness (QED) is 0.307. The number of nitrogens with zero attached hydrogens (tertiary/aromatic N) is 7. The van der Waals surface area contributed by atoms with E-state index < -0.39 is 17.6 Å². The maximum absolute atomic E-state index is 15.1. The summed E-state index contributed by atoms with van der Waals surface area (Å²) in [6.45, 7) is 2.87. The third-order valence-electron chi connectivity index (χ3n) is 6.62. The molecule has 3 aromatic heterocycles. The molecule has 0 spiro atoms. The van der Waals surface area contributed by atoms with Gasteiger partial charge in [-0.15, -0.1) is 0 Å². The predicted molar refractivity (Wildman–Crippen MR) is 136 cm³/mol. The lowest BCUT2D eigenvalue weighted by Crippen LogP contribution is -2.43. The average Bonchev–Trinajstić information content (AvgIpc) is 3.42. The molecule has 2 fully saturated rings. The Morgan fingerprint density at radius 2 is 1.89 bits per heavy atom. The minimum Gasteiger partial charge on any atom is -0.367 e. The van der Waals surface area contributed by atoms with Crippen LogP contribution in [0, 0.1) is 5.82 Å². The number of rotatable bonds is 5. The molecule has 1 aromatic carbocycles. The van der Waals surface area contributed by atoms with Gasteiger partial charge < -0.3 is 14.5 Å². The Morgan fingerprint density at radius 3 is 2.58 bits per heavy atom. The maximum atomic E-state index is 15.1. The van der Waals surface area contributed by atoms with Crippen LogP contribution >= 0.6 is 11.3 Å². The SMILES string of the molecule is C[C@@H]1CN(c2nc(-c3ccc(C(F)(F)F)cc3F)c3sc(N(C)C)nc3n2)C[C@@H](c2cnn(C3CC3)c2)O1. The number of ether oxygens (including phenoxy) is 1. The fraction of sp³-hybridized carbons (Fsp3) is 0.440. The van der Waals surface area contributed by atoms with Crippen LogP contribution in [0.15, 0.2) is 30.6 Å². The van der Waals surface area contributed by atoms with E-state index in [4.69, 9.17) is 9.72 Å². The van der Waals surface area contributed by atoms with Crippen molar-refractivity contribution in [3.8, 4) is 11.3 Å². The van der Waals surface area contributed by atoms with E-state index in [-0.39, 0.29) is 23.5 Å². The molecule has 1 aliphatic heterocycles. The van der Waals surface area contributed by atoms with E-state index in [1.807, 2.05) is 43.0 Å². The molecule has 1 saturated heterocycles. The van der Waals surface area contributed by atoms with Gasteiger partial charge in [-0.3, -0.25) is 4.68 Å². The van der Waals surface area contributed by atoms with Crippen molar-refractivity contribution < 1.29 is 22.3 Å². The number of benzene rings is 1. The van der Waals surface area contributed by atoms with Crippen molar-refractivity contribution in [2.45, 2.75) is 44.2 Å². The molecule has 38 heavy (non-hydrogen) atoms. The molecule has 1 saturated carbocycles. The number of alkyl halides is 3. The van der Waals surface area contributed by atoms with Gasteiger partial charge in [0.2, 0.25) is 5.95 Å². The molecule has 0 amide bonds. The molecule has 2 aliphatic rings. The second-order valence-electron chi connectivity index (χ2n) is 9.93. The van der Waals surface area contributed by atoms with E-state index in [0.29, 0.717) is 46.6 Å². The van der Waals surface area contributed by atoms with Crippen molar-refractivity contribution in [3.05, 3.63) is 47.5 Å². The molecule has 0 unspecified atom stereocenters. The van der Waals surface area contributed by atoms with Crippen LogP contribution < -0.4 is 9.80 Å². The van der Waals surface area contributed by atoms with Crippen molar-refractivity contribution in [2.24, 2.45) is 0 Å². The lowest BCUT2D eigenvalue weighted by Gasteiger charge is -2.36. The van der Waals surface area contributed by atoms with E-state index in [0.717, 1.165) is 30.5 Å². The first-order valence-corrected chi connectivity index (χ1v) is 13.1. The Balaban J connectivity index is 1.41. The number of anilines is 2. The van der Waals surface area contributed by atoms with Gasteiger partial charge in [-0.2, -0.15) is 28.2 Å². The molecule has 6 rings (SSSR count). The first-order chi connectivity index (χ1) is 18.1. The molecule has 2 atom stereocenters. The number of hydrogen-bond acceptors (Lipinski definition) is 8. The third-order valence-corrected chi connectivity index (χ3v) is 7.84. The second kappa shape index (κ2) is 9.16. The molecule has 0 bridgehead atoms. The van der Waals surface area contributed by atoms with Crippen LogP contribution in [-0.2, 0) is 10.9 Å². The highest BCUT2D eigenvalue weighted by Gasteiger charge is 2.33. The molecule has 0 N–H and O–H groups in total. The summed E-state index contributed by atoms with van der Waals surface area (Å²) in [5.74, 6) is -0.691. The fourth-order valence-electron chi connectivity index (χ4n) is 4.56. The number of aromatic nitrogens is 5. The Hall–Kier alpha value is -3.32. The summed E-state index contributed by atoms with van der Waals surface area (Å²) in [4.78, 5) is 17.7. The monoisotopic (exact) mass is 547 g/mol. The van der Waals surface area contributed by atoms with Crippen LogP contribution in [0.5, 0.6) is 0 Å². The minimum atomic E-state index is -4.65. The lowest BCUT2D eigenvalue weighted by molar-refractivity contribution is -0.137. The Labute approximate surface area is 219 Å². The van der Waals surface area contributed by atoms with Crippen LogP contribution in [0.25, 0.3) is 21.6 Å². The van der Waals surface area contributed by atoms with Crippen LogP contribution in [0.1, 0.15) is 43.0 Å². The number of halogens is 4. The average molecular weight is 548 g/mol. The molecule has 8 nitrogen and oxygen atoms in total. The Kier molecular flexibility index (Phi) is 6.02. The van der Waals surface area contributed by atoms with Crippen molar-refractivity contribution in [3.63, 3.8) is 0 Å². The van der Waals surface area contributed by atoms with Crippen LogP contribution in [0.2, 0.25) is 0 Å². The van der Waals surface area contributed by atoms with Gasteiger partial charge in [0.05, 0.1) is 36.1 Å². The van der Waals surface area contributed by atoms with Crippen molar-refractivity contribution in [2.75, 3.05) is 37.0 Å². The van der Waals surface area contributed by atoms with Gasteiger partial charge in [0.25, 0.3) is 0 Å². The largest absolute Gasteiger partial charge is 0.416 e. The first-order valence-electron chi connectivity index (χ1n) is 12.2. The summed E-state index contributed by atoms with van der Waals surface area (Å²) in [6, 6.07) is 2.93. The van der Waals surface area contributed by atoms with E-state index in [1.54, 1.807) is 4.90 Å². The van der Waals surface area contributed by atoms with Gasteiger partial charge in [-0.05, 0) is 38.0 Å². The molecule has 13 heteroatoms. The molecule has 1 aliphatic carbocycles. The normalized spacial score (nSPS) is 20.3. The van der Waals surface area contributed by atoms with E-state index in [2.05, 4.69) is 15.1 Å². The molecule has 0 radical (unpaired) electrons. The third kappa shape index (κ3) is 4.68. The summed E-state index contributed by atoms with van der Waals surface area (Å²) in [5.41, 5.74) is 0.421. The van der Waals surface area contributed by atoms with Crippen molar-refractivity contribution in [1.29, 1.82) is 0 Å². The van der Waals surface area contributed by atoms with Gasteiger partial charge in [0.1, 0.15) is 16.6 Å². The highest BCUT2D eigenvalue weighted by Crippen LogP contribution is 2.39. The number of hydrogen-bond donors (Lipinski definition) is 0. The van der Waals surface area contributed by atoms with Gasteiger partial charge in [0, 0.05) is 38.0 Å². The molecule has 4 heterocycles. The fourth-order valence-corrected chi connectivity index (χ4v) is 5.49. The van der Waals surface area contributed by atoms with E-state index in [9.17, 15) is 13.2 Å². The topological polar surface area (TPSA) is 72.2 Å². The van der Waals surface area contributed by atoms with Gasteiger partial charge in [-0.1, -0.05) is 11.3 Å². The summed E-state index contributed by atoms with van der Waals surface area (Å²) < 4.78 is 63.3. The van der Waals surface area contributed by atoms with Gasteiger partial charge in [0.15, 0.2) is 10.8 Å². The van der Waals surface area contributed by atoms with E-state index in [1.165, 1.54) is 11.3 Å². The second-order valence-corrected chi connectivity index (χ2v) is 10.9. The Bertz CT molecular complexity index is 1500. The zero-order chi connectivity index (χ0) is 26.8. The first kappa shape index (κ1) is 25.0. The van der Waals surface area contributed by atoms with Crippen LogP contribution in [0.4, 0.5) is 28.6 Å². The van der Waals surface area contributed by atoms with Crippen LogP contribution in [-0.4, -0.2) is 58.0 Å². The number of fused-ring (bicyclic) bond motifs is 1. The van der Waals surface area contributed by atoms with Crippen molar-refractivity contribution in [1.82, 2.24) is 24.7 Å². The van der Waals surface area contributed by atoms with Gasteiger partial charge >= 0.3 is 6.18 Å². The zero-order valence-corrected chi connectivity index (χ0v) is 21.7. The summed E-state index contributed by atoms with van der Waals surface area (Å²) in [6.07, 6.45) is 0.983. The molecular weight excluding hydrogens is 522 g/mol. The lowest BCUT2D eigenvalue weighted by atomic mass is 10.1. The molecule has 200 valence electrons. The minimum absolute atomic E-state index is 0.0378. The zero-order valence-electron chi connectivity index (χ0n) is 20.9. The number of thiazole rings is 1. The smallest absolute Gasteiger partial charge is 0.367 e. The number of morpholine rings is 1. The standard InChI is InChI=1S/C25H25F4N7OS/c1-13-10-35(12-19(37-13)14-9-30-36(11-14)16-5-6-16)23-31-20(21-22(32-23)33-24(38-21)34(2)3)17-7-4-15(8-18(17)26)25(27,28)29/h4,7-9,11,13,16,19H,5-6,10,12H2,1-3H3/t13-,19+/m1/s1. The predicted octanol–water partition coefficient (Wildman–Crippen LogP) is 5.48. The highest BCUT2D eigenvalue weighted by molar-refractivity contribution is 7.22. The van der Waals surface area contributed by atoms with Crippen molar-refractivity contribution >= 4 is 32.8 Å². The molecule has 4 aromatic rings. The van der Waals surface area contributed by atoms with Gasteiger partial charge in [-0.25, -0.2) is 9.37 Å². The highest BCUT2D eigenvalue weighted by atomic mass is 32.1. The summed E-state index contributed by atoms with van der Waals surface area (Å²) in [7, 11) is 3.64. The molecular formula is C25H25F4N7OS. The van der Waals surface area contributed by atoms with Crippen LogP contribution in [0.3, 0.4) is 0 Å². The summed E-state index contributed by atoms with van der Waals surface area (Å²) in [5, 5.41) is 5.10.